The molecule has 0 aliphatic carbocycles. The van der Waals surface area contributed by atoms with Crippen molar-refractivity contribution in [3.8, 4) is 12.3 Å². The topological polar surface area (TPSA) is 25.2 Å². The van der Waals surface area contributed by atoms with Gasteiger partial charge >= 0.3 is 0 Å². The molecule has 0 radical (unpaired) electrons. The first-order chi connectivity index (χ1) is 5.74. The van der Waals surface area contributed by atoms with E-state index in [0.29, 0.717) is 6.54 Å². The first kappa shape index (κ1) is 9.37. The zero-order valence-corrected chi connectivity index (χ0v) is 8.39. The SMILES string of the molecule is C#CCNC(C)c1ccc(Br)o1. The molecule has 64 valence electrons. The van der Waals surface area contributed by atoms with Gasteiger partial charge in [0.05, 0.1) is 12.6 Å². The highest BCUT2D eigenvalue weighted by atomic mass is 79.9. The second-order valence-corrected chi connectivity index (χ2v) is 3.23. The number of hydrogen-bond acceptors (Lipinski definition) is 2. The minimum absolute atomic E-state index is 0.160. The number of hydrogen-bond donors (Lipinski definition) is 1. The summed E-state index contributed by atoms with van der Waals surface area (Å²) in [6, 6.07) is 3.94. The van der Waals surface area contributed by atoms with Gasteiger partial charge in [-0.05, 0) is 35.0 Å². The number of terminal acetylenes is 1. The van der Waals surface area contributed by atoms with Crippen LogP contribution in [0.2, 0.25) is 0 Å². The third-order valence-corrected chi connectivity index (χ3v) is 1.96. The molecule has 1 unspecified atom stereocenters. The van der Waals surface area contributed by atoms with Crippen LogP contribution in [0, 0.1) is 12.3 Å². The number of nitrogens with one attached hydrogen (secondary N) is 1. The smallest absolute Gasteiger partial charge is 0.169 e. The Labute approximate surface area is 80.5 Å². The van der Waals surface area contributed by atoms with Gasteiger partial charge in [-0.1, -0.05) is 5.92 Å². The number of halogens is 1. The van der Waals surface area contributed by atoms with E-state index in [1.54, 1.807) is 0 Å². The molecule has 1 N–H and O–H groups in total. The predicted octanol–water partition coefficient (Wildman–Crippen LogP) is 2.33. The maximum atomic E-state index is 5.33. The normalized spacial score (nSPS) is 12.4. The van der Waals surface area contributed by atoms with E-state index in [4.69, 9.17) is 10.8 Å². The maximum absolute atomic E-state index is 5.33. The molecule has 0 saturated carbocycles. The molecular formula is C9H10BrNO. The van der Waals surface area contributed by atoms with Crippen molar-refractivity contribution < 1.29 is 4.42 Å². The number of rotatable bonds is 3. The van der Waals surface area contributed by atoms with E-state index in [1.807, 2.05) is 19.1 Å². The van der Waals surface area contributed by atoms with E-state index >= 15 is 0 Å². The van der Waals surface area contributed by atoms with Crippen molar-refractivity contribution in [2.24, 2.45) is 0 Å². The van der Waals surface area contributed by atoms with Crippen LogP contribution < -0.4 is 5.32 Å². The van der Waals surface area contributed by atoms with E-state index in [1.165, 1.54) is 0 Å². The van der Waals surface area contributed by atoms with E-state index in [-0.39, 0.29) is 6.04 Å². The molecule has 3 heteroatoms. The van der Waals surface area contributed by atoms with Crippen LogP contribution >= 0.6 is 15.9 Å². The minimum atomic E-state index is 0.160. The molecule has 1 heterocycles. The lowest BCUT2D eigenvalue weighted by Gasteiger charge is -2.07. The largest absolute Gasteiger partial charge is 0.453 e. The van der Waals surface area contributed by atoms with E-state index in [2.05, 4.69) is 27.2 Å². The molecule has 1 aromatic rings. The summed E-state index contributed by atoms with van der Waals surface area (Å²) in [7, 11) is 0. The molecule has 2 nitrogen and oxygen atoms in total. The van der Waals surface area contributed by atoms with Crippen LogP contribution in [-0.2, 0) is 0 Å². The van der Waals surface area contributed by atoms with Gasteiger partial charge in [-0.25, -0.2) is 0 Å². The minimum Gasteiger partial charge on any atom is -0.453 e. The monoisotopic (exact) mass is 227 g/mol. The molecule has 0 spiro atoms. The fourth-order valence-corrected chi connectivity index (χ4v) is 1.19. The summed E-state index contributed by atoms with van der Waals surface area (Å²) >= 11 is 3.23. The zero-order valence-electron chi connectivity index (χ0n) is 6.80. The molecule has 0 aliphatic heterocycles. The highest BCUT2D eigenvalue weighted by molar-refractivity contribution is 9.10. The van der Waals surface area contributed by atoms with Crippen molar-refractivity contribution in [2.45, 2.75) is 13.0 Å². The quantitative estimate of drug-likeness (QED) is 0.803. The molecule has 0 aromatic carbocycles. The Hall–Kier alpha value is -0.720. The average molecular weight is 228 g/mol. The average Bonchev–Trinajstić information content (AvgIpc) is 2.47. The lowest BCUT2D eigenvalue weighted by Crippen LogP contribution is -2.17. The van der Waals surface area contributed by atoms with Gasteiger partial charge in [-0.3, -0.25) is 5.32 Å². The summed E-state index contributed by atoms with van der Waals surface area (Å²) in [5.74, 6) is 3.40. The van der Waals surface area contributed by atoms with Crippen LogP contribution in [0.3, 0.4) is 0 Å². The predicted molar refractivity (Wildman–Crippen MR) is 51.7 cm³/mol. The third-order valence-electron chi connectivity index (χ3n) is 1.53. The second kappa shape index (κ2) is 4.34. The molecule has 0 saturated heterocycles. The Morgan fingerprint density at radius 1 is 1.75 bits per heavy atom. The van der Waals surface area contributed by atoms with Gasteiger partial charge in [0.2, 0.25) is 0 Å². The lowest BCUT2D eigenvalue weighted by atomic mass is 10.2. The van der Waals surface area contributed by atoms with Crippen LogP contribution in [0.5, 0.6) is 0 Å². The van der Waals surface area contributed by atoms with Gasteiger partial charge in [-0.15, -0.1) is 6.42 Å². The molecule has 12 heavy (non-hydrogen) atoms. The van der Waals surface area contributed by atoms with Crippen molar-refractivity contribution in [1.82, 2.24) is 5.32 Å². The summed E-state index contributed by atoms with van der Waals surface area (Å²) in [4.78, 5) is 0. The van der Waals surface area contributed by atoms with Gasteiger partial charge in [0.1, 0.15) is 5.76 Å². The molecule has 1 rings (SSSR count). The van der Waals surface area contributed by atoms with Gasteiger partial charge in [0.25, 0.3) is 0 Å². The Morgan fingerprint density at radius 3 is 3.00 bits per heavy atom. The summed E-state index contributed by atoms with van der Waals surface area (Å²) in [6.45, 7) is 2.56. The summed E-state index contributed by atoms with van der Waals surface area (Å²) in [5, 5.41) is 3.11. The maximum Gasteiger partial charge on any atom is 0.169 e. The Kier molecular flexibility index (Phi) is 3.39. The van der Waals surface area contributed by atoms with Crippen molar-refractivity contribution >= 4 is 15.9 Å². The lowest BCUT2D eigenvalue weighted by molar-refractivity contribution is 0.429. The highest BCUT2D eigenvalue weighted by Crippen LogP contribution is 2.19. The zero-order chi connectivity index (χ0) is 8.97. The van der Waals surface area contributed by atoms with Crippen LogP contribution in [0.15, 0.2) is 21.2 Å². The standard InChI is InChI=1S/C9H10BrNO/c1-3-6-11-7(2)8-4-5-9(10)12-8/h1,4-5,7,11H,6H2,2H3. The Bertz CT molecular complexity index is 287. The molecule has 1 atom stereocenters. The van der Waals surface area contributed by atoms with E-state index in [9.17, 15) is 0 Å². The second-order valence-electron chi connectivity index (χ2n) is 2.45. The van der Waals surface area contributed by atoms with Crippen LogP contribution in [0.25, 0.3) is 0 Å². The van der Waals surface area contributed by atoms with Crippen LogP contribution in [-0.4, -0.2) is 6.54 Å². The summed E-state index contributed by atoms with van der Waals surface area (Å²) < 4.78 is 6.07. The first-order valence-corrected chi connectivity index (χ1v) is 4.45. The van der Waals surface area contributed by atoms with Crippen molar-refractivity contribution in [3.05, 3.63) is 22.6 Å². The van der Waals surface area contributed by atoms with Gasteiger partial charge in [-0.2, -0.15) is 0 Å². The van der Waals surface area contributed by atoms with Crippen LogP contribution in [0.1, 0.15) is 18.7 Å². The molecular weight excluding hydrogens is 218 g/mol. The Morgan fingerprint density at radius 2 is 2.50 bits per heavy atom. The molecule has 0 fully saturated rings. The highest BCUT2D eigenvalue weighted by Gasteiger charge is 2.07. The summed E-state index contributed by atoms with van der Waals surface area (Å²) in [6.07, 6.45) is 5.11. The van der Waals surface area contributed by atoms with Crippen LogP contribution in [0.4, 0.5) is 0 Å². The van der Waals surface area contributed by atoms with Crippen molar-refractivity contribution in [2.75, 3.05) is 6.54 Å². The van der Waals surface area contributed by atoms with Gasteiger partial charge in [0, 0.05) is 0 Å². The Balaban J connectivity index is 2.54. The van der Waals surface area contributed by atoms with Gasteiger partial charge in [0.15, 0.2) is 4.67 Å². The fraction of sp³-hybridized carbons (Fsp3) is 0.333. The summed E-state index contributed by atoms with van der Waals surface area (Å²) in [5.41, 5.74) is 0. The molecule has 0 bridgehead atoms. The molecule has 0 aliphatic rings. The van der Waals surface area contributed by atoms with Crippen molar-refractivity contribution in [1.29, 1.82) is 0 Å². The van der Waals surface area contributed by atoms with E-state index < -0.39 is 0 Å². The first-order valence-electron chi connectivity index (χ1n) is 3.66. The van der Waals surface area contributed by atoms with E-state index in [0.717, 1.165) is 10.4 Å². The number of furan rings is 1. The molecule has 0 amide bonds. The van der Waals surface area contributed by atoms with Gasteiger partial charge < -0.3 is 4.42 Å². The fourth-order valence-electron chi connectivity index (χ4n) is 0.874. The molecule has 1 aromatic heterocycles. The van der Waals surface area contributed by atoms with Crippen molar-refractivity contribution in [3.63, 3.8) is 0 Å². The third kappa shape index (κ3) is 2.40.